The third-order valence-corrected chi connectivity index (χ3v) is 3.43. The van der Waals surface area contributed by atoms with Crippen LogP contribution in [0.4, 0.5) is 0 Å². The Morgan fingerprint density at radius 3 is 2.67 bits per heavy atom. The molecule has 1 heterocycles. The molecule has 0 atom stereocenters. The Hall–Kier alpha value is -2.20. The van der Waals surface area contributed by atoms with E-state index in [1.807, 2.05) is 44.4 Å². The molecular weight excluding hydrogens is 266 g/mol. The summed E-state index contributed by atoms with van der Waals surface area (Å²) in [5.74, 6) is 2.43. The molecule has 21 heavy (non-hydrogen) atoms. The van der Waals surface area contributed by atoms with Gasteiger partial charge in [0.2, 0.25) is 6.79 Å². The summed E-state index contributed by atoms with van der Waals surface area (Å²) in [5.41, 5.74) is 3.21. The van der Waals surface area contributed by atoms with Crippen molar-refractivity contribution in [2.45, 2.75) is 6.54 Å². The fraction of sp³-hybridized carbons (Fsp3) is 0.294. The van der Waals surface area contributed by atoms with Gasteiger partial charge in [0.05, 0.1) is 7.11 Å². The molecule has 0 saturated carbocycles. The van der Waals surface area contributed by atoms with Gasteiger partial charge in [-0.3, -0.25) is 0 Å². The summed E-state index contributed by atoms with van der Waals surface area (Å²) in [6, 6.07) is 12.1. The Labute approximate surface area is 124 Å². The van der Waals surface area contributed by atoms with Gasteiger partial charge in [-0.1, -0.05) is 18.2 Å². The van der Waals surface area contributed by atoms with Crippen LogP contribution in [-0.2, 0) is 6.54 Å². The molecule has 0 aliphatic carbocycles. The number of nitrogens with zero attached hydrogens (tertiary/aromatic N) is 1. The van der Waals surface area contributed by atoms with E-state index in [1.54, 1.807) is 7.11 Å². The van der Waals surface area contributed by atoms with Crippen molar-refractivity contribution in [3.05, 3.63) is 42.0 Å². The Bertz CT molecular complexity index is 652. The Kier molecular flexibility index (Phi) is 3.71. The SMILES string of the molecule is COc1ccccc1-c1cc(CN(C)C)cc2c1OCO2. The molecule has 3 rings (SSSR count). The fourth-order valence-electron chi connectivity index (χ4n) is 2.59. The molecule has 1 aliphatic heterocycles. The van der Waals surface area contributed by atoms with Gasteiger partial charge in [0, 0.05) is 17.7 Å². The van der Waals surface area contributed by atoms with Crippen LogP contribution in [0.25, 0.3) is 11.1 Å². The first-order valence-corrected chi connectivity index (χ1v) is 6.89. The Morgan fingerprint density at radius 1 is 1.10 bits per heavy atom. The monoisotopic (exact) mass is 285 g/mol. The summed E-state index contributed by atoms with van der Waals surface area (Å²) >= 11 is 0. The zero-order chi connectivity index (χ0) is 14.8. The predicted octanol–water partition coefficient (Wildman–Crippen LogP) is 3.15. The third-order valence-electron chi connectivity index (χ3n) is 3.43. The number of benzene rings is 2. The smallest absolute Gasteiger partial charge is 0.231 e. The lowest BCUT2D eigenvalue weighted by Crippen LogP contribution is -2.10. The average Bonchev–Trinajstić information content (AvgIpc) is 2.94. The van der Waals surface area contributed by atoms with E-state index < -0.39 is 0 Å². The predicted molar refractivity (Wildman–Crippen MR) is 81.9 cm³/mol. The number of ether oxygens (including phenoxy) is 3. The number of hydrogen-bond donors (Lipinski definition) is 0. The number of methoxy groups -OCH3 is 1. The quantitative estimate of drug-likeness (QED) is 0.863. The molecule has 0 bridgehead atoms. The van der Waals surface area contributed by atoms with Gasteiger partial charge in [-0.2, -0.15) is 0 Å². The van der Waals surface area contributed by atoms with Crippen molar-refractivity contribution in [1.29, 1.82) is 0 Å². The molecule has 0 radical (unpaired) electrons. The molecule has 0 fully saturated rings. The topological polar surface area (TPSA) is 30.9 Å². The zero-order valence-electron chi connectivity index (χ0n) is 12.6. The van der Waals surface area contributed by atoms with Crippen molar-refractivity contribution in [1.82, 2.24) is 4.90 Å². The van der Waals surface area contributed by atoms with Crippen molar-refractivity contribution in [2.24, 2.45) is 0 Å². The first-order chi connectivity index (χ1) is 10.2. The molecule has 0 N–H and O–H groups in total. The van der Waals surface area contributed by atoms with Crippen LogP contribution in [-0.4, -0.2) is 32.9 Å². The van der Waals surface area contributed by atoms with Gasteiger partial charge in [-0.25, -0.2) is 0 Å². The first-order valence-electron chi connectivity index (χ1n) is 6.89. The van der Waals surface area contributed by atoms with Crippen molar-refractivity contribution < 1.29 is 14.2 Å². The molecule has 2 aromatic rings. The number of rotatable bonds is 4. The van der Waals surface area contributed by atoms with Crippen molar-refractivity contribution in [3.8, 4) is 28.4 Å². The minimum absolute atomic E-state index is 0.267. The van der Waals surface area contributed by atoms with Gasteiger partial charge in [-0.05, 0) is 37.9 Å². The van der Waals surface area contributed by atoms with Gasteiger partial charge >= 0.3 is 0 Å². The molecular formula is C17H19NO3. The van der Waals surface area contributed by atoms with Gasteiger partial charge in [0.25, 0.3) is 0 Å². The molecule has 4 heteroatoms. The van der Waals surface area contributed by atoms with E-state index in [0.717, 1.165) is 34.9 Å². The zero-order valence-corrected chi connectivity index (χ0v) is 12.6. The average molecular weight is 285 g/mol. The van der Waals surface area contributed by atoms with Crippen LogP contribution in [0, 0.1) is 0 Å². The van der Waals surface area contributed by atoms with Crippen LogP contribution in [0.5, 0.6) is 17.2 Å². The van der Waals surface area contributed by atoms with Crippen molar-refractivity contribution in [3.63, 3.8) is 0 Å². The lowest BCUT2D eigenvalue weighted by atomic mass is 10.00. The summed E-state index contributed by atoms with van der Waals surface area (Å²) in [6.07, 6.45) is 0. The second kappa shape index (κ2) is 5.66. The second-order valence-electron chi connectivity index (χ2n) is 5.32. The minimum atomic E-state index is 0.267. The highest BCUT2D eigenvalue weighted by atomic mass is 16.7. The number of para-hydroxylation sites is 1. The molecule has 4 nitrogen and oxygen atoms in total. The molecule has 0 unspecified atom stereocenters. The molecule has 0 spiro atoms. The van der Waals surface area contributed by atoms with E-state index in [-0.39, 0.29) is 6.79 Å². The summed E-state index contributed by atoms with van der Waals surface area (Å²) < 4.78 is 16.7. The third kappa shape index (κ3) is 2.67. The van der Waals surface area contributed by atoms with Gasteiger partial charge in [0.1, 0.15) is 5.75 Å². The number of hydrogen-bond acceptors (Lipinski definition) is 4. The lowest BCUT2D eigenvalue weighted by molar-refractivity contribution is 0.174. The van der Waals surface area contributed by atoms with Crippen molar-refractivity contribution in [2.75, 3.05) is 28.0 Å². The molecule has 0 saturated heterocycles. The maximum atomic E-state index is 5.65. The maximum Gasteiger partial charge on any atom is 0.231 e. The molecule has 0 aromatic heterocycles. The number of fused-ring (bicyclic) bond motifs is 1. The van der Waals surface area contributed by atoms with Gasteiger partial charge < -0.3 is 19.1 Å². The fourth-order valence-corrected chi connectivity index (χ4v) is 2.59. The standard InChI is InChI=1S/C17H19NO3/c1-18(2)10-12-8-14(17-16(9-12)20-11-21-17)13-6-4-5-7-15(13)19-3/h4-9H,10-11H2,1-3H3. The summed E-state index contributed by atoms with van der Waals surface area (Å²) in [4.78, 5) is 2.13. The van der Waals surface area contributed by atoms with Crippen LogP contribution in [0.3, 0.4) is 0 Å². The second-order valence-corrected chi connectivity index (χ2v) is 5.32. The van der Waals surface area contributed by atoms with Gasteiger partial charge in [0.15, 0.2) is 11.5 Å². The highest BCUT2D eigenvalue weighted by Crippen LogP contribution is 2.45. The maximum absolute atomic E-state index is 5.65. The highest BCUT2D eigenvalue weighted by Gasteiger charge is 2.22. The van der Waals surface area contributed by atoms with Crippen LogP contribution in [0.1, 0.15) is 5.56 Å². The molecule has 1 aliphatic rings. The van der Waals surface area contributed by atoms with E-state index >= 15 is 0 Å². The molecule has 110 valence electrons. The van der Waals surface area contributed by atoms with Crippen LogP contribution < -0.4 is 14.2 Å². The lowest BCUT2D eigenvalue weighted by Gasteiger charge is -2.15. The van der Waals surface area contributed by atoms with Crippen molar-refractivity contribution >= 4 is 0 Å². The van der Waals surface area contributed by atoms with Crippen LogP contribution in [0.2, 0.25) is 0 Å². The Balaban J connectivity index is 2.14. The highest BCUT2D eigenvalue weighted by molar-refractivity contribution is 5.79. The first kappa shape index (κ1) is 13.8. The van der Waals surface area contributed by atoms with Crippen LogP contribution >= 0.6 is 0 Å². The van der Waals surface area contributed by atoms with E-state index in [1.165, 1.54) is 5.56 Å². The normalized spacial score (nSPS) is 12.8. The molecule has 0 amide bonds. The summed E-state index contributed by atoms with van der Waals surface area (Å²) in [7, 11) is 5.78. The summed E-state index contributed by atoms with van der Waals surface area (Å²) in [5, 5.41) is 0. The Morgan fingerprint density at radius 2 is 1.90 bits per heavy atom. The van der Waals surface area contributed by atoms with E-state index in [9.17, 15) is 0 Å². The summed E-state index contributed by atoms with van der Waals surface area (Å²) in [6.45, 7) is 1.11. The van der Waals surface area contributed by atoms with E-state index in [4.69, 9.17) is 14.2 Å². The van der Waals surface area contributed by atoms with Crippen LogP contribution in [0.15, 0.2) is 36.4 Å². The van der Waals surface area contributed by atoms with E-state index in [2.05, 4.69) is 11.0 Å². The molecule has 2 aromatic carbocycles. The minimum Gasteiger partial charge on any atom is -0.496 e. The largest absolute Gasteiger partial charge is 0.496 e. The van der Waals surface area contributed by atoms with E-state index in [0.29, 0.717) is 0 Å². The van der Waals surface area contributed by atoms with Gasteiger partial charge in [-0.15, -0.1) is 0 Å².